The minimum absolute atomic E-state index is 0.735. The molecule has 4 heteroatoms. The molecule has 0 radical (unpaired) electrons. The summed E-state index contributed by atoms with van der Waals surface area (Å²) in [5.74, 6) is 0.735. The van der Waals surface area contributed by atoms with Crippen molar-refractivity contribution in [2.75, 3.05) is 26.2 Å². The summed E-state index contributed by atoms with van der Waals surface area (Å²) in [6.45, 7) is 7.29. The molecule has 4 nitrogen and oxygen atoms in total. The molecule has 1 aromatic heterocycles. The SMILES string of the molecule is Cc1nc2ccc(CN3CCNCC3)cc2o1. The number of oxazole rings is 1. The maximum atomic E-state index is 5.56. The van der Waals surface area contributed by atoms with Gasteiger partial charge in [0, 0.05) is 39.6 Å². The van der Waals surface area contributed by atoms with Crippen molar-refractivity contribution in [1.82, 2.24) is 15.2 Å². The number of nitrogens with zero attached hydrogens (tertiary/aromatic N) is 2. The van der Waals surface area contributed by atoms with Crippen LogP contribution >= 0.6 is 0 Å². The van der Waals surface area contributed by atoms with Gasteiger partial charge in [0.2, 0.25) is 0 Å². The van der Waals surface area contributed by atoms with Gasteiger partial charge in [-0.25, -0.2) is 4.98 Å². The number of aromatic nitrogens is 1. The van der Waals surface area contributed by atoms with Gasteiger partial charge in [-0.2, -0.15) is 0 Å². The van der Waals surface area contributed by atoms with Gasteiger partial charge < -0.3 is 9.73 Å². The van der Waals surface area contributed by atoms with Gasteiger partial charge in [-0.05, 0) is 17.7 Å². The van der Waals surface area contributed by atoms with Gasteiger partial charge in [-0.15, -0.1) is 0 Å². The molecule has 1 aliphatic rings. The van der Waals surface area contributed by atoms with E-state index in [0.717, 1.165) is 49.7 Å². The molecule has 0 bridgehead atoms. The summed E-state index contributed by atoms with van der Waals surface area (Å²) >= 11 is 0. The summed E-state index contributed by atoms with van der Waals surface area (Å²) in [5.41, 5.74) is 3.15. The molecular formula is C13H17N3O. The van der Waals surface area contributed by atoms with Gasteiger partial charge >= 0.3 is 0 Å². The monoisotopic (exact) mass is 231 g/mol. The number of hydrogen-bond donors (Lipinski definition) is 1. The fourth-order valence-electron chi connectivity index (χ4n) is 2.31. The van der Waals surface area contributed by atoms with Crippen LogP contribution in [0.1, 0.15) is 11.5 Å². The van der Waals surface area contributed by atoms with Gasteiger partial charge in [0.15, 0.2) is 11.5 Å². The standard InChI is InChI=1S/C13H17N3O/c1-10-15-12-3-2-11(8-13(12)17-10)9-16-6-4-14-5-7-16/h2-3,8,14H,4-7,9H2,1H3. The molecule has 1 saturated heterocycles. The predicted molar refractivity (Wildman–Crippen MR) is 66.9 cm³/mol. The lowest BCUT2D eigenvalue weighted by atomic mass is 10.2. The van der Waals surface area contributed by atoms with Crippen LogP contribution in [0.2, 0.25) is 0 Å². The third-order valence-corrected chi connectivity index (χ3v) is 3.18. The highest BCUT2D eigenvalue weighted by Crippen LogP contribution is 2.18. The van der Waals surface area contributed by atoms with E-state index >= 15 is 0 Å². The Bertz CT molecular complexity index is 514. The van der Waals surface area contributed by atoms with Crippen molar-refractivity contribution in [3.63, 3.8) is 0 Å². The smallest absolute Gasteiger partial charge is 0.192 e. The molecule has 1 aliphatic heterocycles. The zero-order chi connectivity index (χ0) is 11.7. The summed E-state index contributed by atoms with van der Waals surface area (Å²) in [7, 11) is 0. The molecule has 1 N–H and O–H groups in total. The molecule has 17 heavy (non-hydrogen) atoms. The van der Waals surface area contributed by atoms with Crippen LogP contribution in [-0.2, 0) is 6.54 Å². The molecule has 90 valence electrons. The van der Waals surface area contributed by atoms with Crippen molar-refractivity contribution in [2.45, 2.75) is 13.5 Å². The number of piperazine rings is 1. The Morgan fingerprint density at radius 1 is 1.35 bits per heavy atom. The number of aryl methyl sites for hydroxylation is 1. The van der Waals surface area contributed by atoms with Crippen LogP contribution in [0, 0.1) is 6.92 Å². The minimum atomic E-state index is 0.735. The Labute approximate surface area is 101 Å². The highest BCUT2D eigenvalue weighted by molar-refractivity contribution is 5.73. The van der Waals surface area contributed by atoms with E-state index in [1.165, 1.54) is 5.56 Å². The van der Waals surface area contributed by atoms with Crippen LogP contribution in [-0.4, -0.2) is 36.1 Å². The molecule has 0 unspecified atom stereocenters. The van der Waals surface area contributed by atoms with Gasteiger partial charge in [0.1, 0.15) is 5.52 Å². The Balaban J connectivity index is 1.79. The molecule has 2 heterocycles. The van der Waals surface area contributed by atoms with Gasteiger partial charge in [-0.3, -0.25) is 4.90 Å². The molecule has 0 atom stereocenters. The normalized spacial score (nSPS) is 17.7. The Morgan fingerprint density at radius 2 is 2.18 bits per heavy atom. The third-order valence-electron chi connectivity index (χ3n) is 3.18. The maximum Gasteiger partial charge on any atom is 0.192 e. The molecular weight excluding hydrogens is 214 g/mol. The highest BCUT2D eigenvalue weighted by Gasteiger charge is 2.11. The number of nitrogens with one attached hydrogen (secondary N) is 1. The van der Waals surface area contributed by atoms with E-state index in [-0.39, 0.29) is 0 Å². The molecule has 0 aliphatic carbocycles. The summed E-state index contributed by atoms with van der Waals surface area (Å²) in [5, 5.41) is 3.36. The van der Waals surface area contributed by atoms with Crippen molar-refractivity contribution >= 4 is 11.1 Å². The first-order valence-corrected chi connectivity index (χ1v) is 6.10. The fourth-order valence-corrected chi connectivity index (χ4v) is 2.31. The Morgan fingerprint density at radius 3 is 3.00 bits per heavy atom. The lowest BCUT2D eigenvalue weighted by Gasteiger charge is -2.27. The highest BCUT2D eigenvalue weighted by atomic mass is 16.3. The second-order valence-corrected chi connectivity index (χ2v) is 4.56. The predicted octanol–water partition coefficient (Wildman–Crippen LogP) is 1.54. The largest absolute Gasteiger partial charge is 0.441 e. The summed E-state index contributed by atoms with van der Waals surface area (Å²) in [6, 6.07) is 6.30. The van der Waals surface area contributed by atoms with E-state index in [0.29, 0.717) is 0 Å². The number of rotatable bonds is 2. The molecule has 2 aromatic rings. The van der Waals surface area contributed by atoms with Crippen LogP contribution in [0.25, 0.3) is 11.1 Å². The van der Waals surface area contributed by atoms with Crippen LogP contribution in [0.5, 0.6) is 0 Å². The summed E-state index contributed by atoms with van der Waals surface area (Å²) in [4.78, 5) is 6.77. The van der Waals surface area contributed by atoms with Gasteiger partial charge in [0.05, 0.1) is 0 Å². The lowest BCUT2D eigenvalue weighted by Crippen LogP contribution is -2.42. The van der Waals surface area contributed by atoms with E-state index in [4.69, 9.17) is 4.42 Å². The van der Waals surface area contributed by atoms with Crippen molar-refractivity contribution in [3.05, 3.63) is 29.7 Å². The van der Waals surface area contributed by atoms with Crippen molar-refractivity contribution in [1.29, 1.82) is 0 Å². The Hall–Kier alpha value is -1.39. The lowest BCUT2D eigenvalue weighted by molar-refractivity contribution is 0.233. The number of benzene rings is 1. The minimum Gasteiger partial charge on any atom is -0.441 e. The first kappa shape index (κ1) is 10.7. The molecule has 1 aromatic carbocycles. The number of fused-ring (bicyclic) bond motifs is 1. The molecule has 0 amide bonds. The Kier molecular flexibility index (Phi) is 2.82. The first-order chi connectivity index (χ1) is 8.31. The average molecular weight is 231 g/mol. The van der Waals surface area contributed by atoms with E-state index in [1.54, 1.807) is 0 Å². The van der Waals surface area contributed by atoms with Gasteiger partial charge in [-0.1, -0.05) is 6.07 Å². The molecule has 0 saturated carbocycles. The van der Waals surface area contributed by atoms with E-state index in [1.807, 2.05) is 13.0 Å². The topological polar surface area (TPSA) is 41.3 Å². The zero-order valence-corrected chi connectivity index (χ0v) is 10.1. The molecule has 1 fully saturated rings. The average Bonchev–Trinajstić information content (AvgIpc) is 2.70. The number of hydrogen-bond acceptors (Lipinski definition) is 4. The quantitative estimate of drug-likeness (QED) is 0.851. The van der Waals surface area contributed by atoms with Crippen molar-refractivity contribution in [2.24, 2.45) is 0 Å². The van der Waals surface area contributed by atoms with E-state index in [9.17, 15) is 0 Å². The summed E-state index contributed by atoms with van der Waals surface area (Å²) < 4.78 is 5.56. The second kappa shape index (κ2) is 4.47. The van der Waals surface area contributed by atoms with E-state index < -0.39 is 0 Å². The van der Waals surface area contributed by atoms with Crippen LogP contribution in [0.4, 0.5) is 0 Å². The molecule has 0 spiro atoms. The van der Waals surface area contributed by atoms with Crippen molar-refractivity contribution < 1.29 is 4.42 Å². The zero-order valence-electron chi connectivity index (χ0n) is 10.1. The first-order valence-electron chi connectivity index (χ1n) is 6.10. The molecule has 3 rings (SSSR count). The van der Waals surface area contributed by atoms with Crippen molar-refractivity contribution in [3.8, 4) is 0 Å². The fraction of sp³-hybridized carbons (Fsp3) is 0.462. The maximum absolute atomic E-state index is 5.56. The van der Waals surface area contributed by atoms with Crippen LogP contribution < -0.4 is 5.32 Å². The van der Waals surface area contributed by atoms with Gasteiger partial charge in [0.25, 0.3) is 0 Å². The van der Waals surface area contributed by atoms with Crippen LogP contribution in [0.3, 0.4) is 0 Å². The third kappa shape index (κ3) is 2.33. The second-order valence-electron chi connectivity index (χ2n) is 4.56. The van der Waals surface area contributed by atoms with Crippen LogP contribution in [0.15, 0.2) is 22.6 Å². The van der Waals surface area contributed by atoms with E-state index in [2.05, 4.69) is 27.3 Å². The summed E-state index contributed by atoms with van der Waals surface area (Å²) in [6.07, 6.45) is 0.